The van der Waals surface area contributed by atoms with Crippen molar-refractivity contribution in [1.82, 2.24) is 20.0 Å². The summed E-state index contributed by atoms with van der Waals surface area (Å²) in [4.78, 5) is 46.2. The zero-order chi connectivity index (χ0) is 33.8. The number of aromatic hydroxyl groups is 1. The fraction of sp³-hybridized carbons (Fsp3) is 0.743. The molecule has 0 aromatic heterocycles. The Bertz CT molecular complexity index is 1060. The number of rotatable bonds is 18. The minimum atomic E-state index is -0.493. The van der Waals surface area contributed by atoms with Gasteiger partial charge in [-0.05, 0) is 61.8 Å². The van der Waals surface area contributed by atoms with E-state index in [-0.39, 0.29) is 72.4 Å². The van der Waals surface area contributed by atoms with Gasteiger partial charge in [0.15, 0.2) is 0 Å². The van der Waals surface area contributed by atoms with E-state index in [0.29, 0.717) is 13.1 Å². The molecule has 2 rings (SSSR count). The Labute approximate surface area is 271 Å². The van der Waals surface area contributed by atoms with E-state index >= 15 is 0 Å². The van der Waals surface area contributed by atoms with Crippen LogP contribution >= 0.6 is 0 Å². The fourth-order valence-corrected chi connectivity index (χ4v) is 6.87. The maximum atomic E-state index is 13.7. The van der Waals surface area contributed by atoms with Crippen LogP contribution in [0.3, 0.4) is 0 Å². The van der Waals surface area contributed by atoms with Gasteiger partial charge in [-0.15, -0.1) is 0 Å². The van der Waals surface area contributed by atoms with Crippen LogP contribution in [0.1, 0.15) is 72.8 Å². The van der Waals surface area contributed by atoms with Crippen LogP contribution in [-0.2, 0) is 30.3 Å². The third-order valence-electron chi connectivity index (χ3n) is 9.53. The van der Waals surface area contributed by atoms with E-state index in [1.165, 1.54) is 0 Å². The van der Waals surface area contributed by atoms with Crippen LogP contribution in [0.4, 0.5) is 0 Å². The Morgan fingerprint density at radius 3 is 2.20 bits per heavy atom. The lowest BCUT2D eigenvalue weighted by molar-refractivity contribution is -0.144. The number of likely N-dealkylation sites (tertiary alicyclic amines) is 1. The third-order valence-corrected chi connectivity index (χ3v) is 9.53. The molecule has 10 nitrogen and oxygen atoms in total. The Balaban J connectivity index is 2.08. The van der Waals surface area contributed by atoms with Crippen molar-refractivity contribution in [1.29, 1.82) is 0 Å². The molecule has 0 radical (unpaired) electrons. The predicted molar refractivity (Wildman–Crippen MR) is 178 cm³/mol. The van der Waals surface area contributed by atoms with Gasteiger partial charge in [0, 0.05) is 34.4 Å². The number of hydrogen-bond acceptors (Lipinski definition) is 7. The van der Waals surface area contributed by atoms with Gasteiger partial charge in [-0.25, -0.2) is 0 Å². The second kappa shape index (κ2) is 18.5. The topological polar surface area (TPSA) is 112 Å². The zero-order valence-electron chi connectivity index (χ0n) is 29.4. The van der Waals surface area contributed by atoms with Crippen molar-refractivity contribution in [2.24, 2.45) is 17.8 Å². The maximum absolute atomic E-state index is 13.7. The predicted octanol–water partition coefficient (Wildman–Crippen LogP) is 3.95. The van der Waals surface area contributed by atoms with Gasteiger partial charge in [0.2, 0.25) is 17.7 Å². The van der Waals surface area contributed by atoms with Gasteiger partial charge < -0.3 is 29.7 Å². The highest BCUT2D eigenvalue weighted by Crippen LogP contribution is 2.29. The van der Waals surface area contributed by atoms with E-state index in [1.54, 1.807) is 38.3 Å². The van der Waals surface area contributed by atoms with Gasteiger partial charge >= 0.3 is 0 Å². The second-order valence-corrected chi connectivity index (χ2v) is 13.4. The van der Waals surface area contributed by atoms with Gasteiger partial charge in [-0.2, -0.15) is 0 Å². The van der Waals surface area contributed by atoms with E-state index in [1.807, 2.05) is 42.8 Å². The summed E-state index contributed by atoms with van der Waals surface area (Å²) in [7, 11) is 6.96. The van der Waals surface area contributed by atoms with Gasteiger partial charge in [0.05, 0.1) is 43.3 Å². The fourth-order valence-electron chi connectivity index (χ4n) is 6.87. The Morgan fingerprint density at radius 2 is 1.67 bits per heavy atom. The molecular formula is C35H60N4O6. The van der Waals surface area contributed by atoms with Gasteiger partial charge in [0.25, 0.3) is 0 Å². The number of nitrogens with zero attached hydrogens (tertiary/aromatic N) is 3. The largest absolute Gasteiger partial charge is 0.508 e. The van der Waals surface area contributed by atoms with Gasteiger partial charge in [-0.1, -0.05) is 60.1 Å². The van der Waals surface area contributed by atoms with Crippen LogP contribution in [0.5, 0.6) is 5.75 Å². The molecule has 0 aliphatic carbocycles. The normalized spacial score (nSPS) is 18.6. The summed E-state index contributed by atoms with van der Waals surface area (Å²) in [5.74, 6) is 0.202. The number of methoxy groups -OCH3 is 2. The lowest BCUT2D eigenvalue weighted by Crippen LogP contribution is -2.55. The molecule has 3 amide bonds. The number of carbonyl (C=O) groups excluding carboxylic acids is 3. The number of hydrogen-bond donors (Lipinski definition) is 2. The zero-order valence-corrected chi connectivity index (χ0v) is 29.4. The van der Waals surface area contributed by atoms with Crippen molar-refractivity contribution in [3.63, 3.8) is 0 Å². The summed E-state index contributed by atoms with van der Waals surface area (Å²) in [6.45, 7) is 13.6. The van der Waals surface area contributed by atoms with Crippen LogP contribution in [0, 0.1) is 17.8 Å². The number of amides is 3. The Morgan fingerprint density at radius 1 is 1.02 bits per heavy atom. The molecule has 1 aliphatic heterocycles. The molecule has 0 saturated carbocycles. The van der Waals surface area contributed by atoms with Crippen molar-refractivity contribution in [2.45, 2.75) is 104 Å². The first-order valence-corrected chi connectivity index (χ1v) is 16.6. The van der Waals surface area contributed by atoms with Crippen LogP contribution in [-0.4, -0.2) is 116 Å². The van der Waals surface area contributed by atoms with E-state index in [0.717, 1.165) is 31.2 Å². The summed E-state index contributed by atoms with van der Waals surface area (Å²) in [6.07, 6.45) is 3.03. The molecule has 6 unspecified atom stereocenters. The first kappa shape index (κ1) is 38.5. The quantitative estimate of drug-likeness (QED) is 0.252. The van der Waals surface area contributed by atoms with E-state index in [2.05, 4.69) is 33.0 Å². The van der Waals surface area contributed by atoms with Crippen LogP contribution in [0.15, 0.2) is 24.3 Å². The molecule has 45 heavy (non-hydrogen) atoms. The molecule has 6 atom stereocenters. The monoisotopic (exact) mass is 632 g/mol. The maximum Gasteiger partial charge on any atom is 0.242 e. The molecule has 1 aromatic carbocycles. The Kier molecular flexibility index (Phi) is 15.8. The molecule has 1 aromatic rings. The minimum absolute atomic E-state index is 0.0182. The molecule has 1 fully saturated rings. The van der Waals surface area contributed by atoms with E-state index in [4.69, 9.17) is 9.47 Å². The standard InChI is InChI=1S/C35H60N4O6/c1-11-25(6)33(29(44-9)21-30(41)39-19-12-13-28(39)34(45-10)24(4)5)38(8)31(42)22-36-35(43)32(23(2)3)37(7)20-18-26-14-16-27(40)17-15-26/h14-17,23-25,28-29,32-34,40H,11-13,18-22H2,1-10H3,(H,36,43). The molecule has 1 heterocycles. The van der Waals surface area contributed by atoms with Gasteiger partial charge in [0.1, 0.15) is 5.75 Å². The molecule has 2 N–H and O–H groups in total. The van der Waals surface area contributed by atoms with Crippen molar-refractivity contribution >= 4 is 17.7 Å². The first-order valence-electron chi connectivity index (χ1n) is 16.6. The number of phenolic OH excluding ortho intramolecular Hbond substituents is 1. The number of nitrogens with one attached hydrogen (secondary N) is 1. The van der Waals surface area contributed by atoms with Crippen LogP contribution in [0.25, 0.3) is 0 Å². The molecule has 0 spiro atoms. The lowest BCUT2D eigenvalue weighted by Gasteiger charge is -2.39. The molecule has 1 aliphatic rings. The molecule has 10 heteroatoms. The smallest absolute Gasteiger partial charge is 0.242 e. The summed E-state index contributed by atoms with van der Waals surface area (Å²) in [5.41, 5.74) is 1.07. The van der Waals surface area contributed by atoms with Crippen LogP contribution in [0.2, 0.25) is 0 Å². The summed E-state index contributed by atoms with van der Waals surface area (Å²) >= 11 is 0. The van der Waals surface area contributed by atoms with Crippen LogP contribution < -0.4 is 5.32 Å². The van der Waals surface area contributed by atoms with E-state index in [9.17, 15) is 19.5 Å². The molecule has 1 saturated heterocycles. The van der Waals surface area contributed by atoms with Crippen molar-refractivity contribution in [2.75, 3.05) is 47.9 Å². The second-order valence-electron chi connectivity index (χ2n) is 13.4. The molecular weight excluding hydrogens is 572 g/mol. The summed E-state index contributed by atoms with van der Waals surface area (Å²) < 4.78 is 11.7. The van der Waals surface area contributed by atoms with Crippen molar-refractivity contribution in [3.05, 3.63) is 29.8 Å². The molecule has 0 bridgehead atoms. The average molecular weight is 633 g/mol. The van der Waals surface area contributed by atoms with E-state index < -0.39 is 12.1 Å². The Hall–Kier alpha value is -2.69. The highest BCUT2D eigenvalue weighted by molar-refractivity contribution is 5.87. The summed E-state index contributed by atoms with van der Waals surface area (Å²) in [6, 6.07) is 6.35. The summed E-state index contributed by atoms with van der Waals surface area (Å²) in [5, 5.41) is 12.4. The molecule has 256 valence electrons. The number of carbonyl (C=O) groups is 3. The van der Waals surface area contributed by atoms with Crippen molar-refractivity contribution in [3.8, 4) is 5.75 Å². The third kappa shape index (κ3) is 10.7. The minimum Gasteiger partial charge on any atom is -0.508 e. The number of likely N-dealkylation sites (N-methyl/N-ethyl adjacent to an activating group) is 2. The lowest BCUT2D eigenvalue weighted by atomic mass is 9.90. The number of benzene rings is 1. The SMILES string of the molecule is CCC(C)C(C(CC(=O)N1CCCC1C(OC)C(C)C)OC)N(C)C(=O)CNC(=O)C(C(C)C)N(C)CCc1ccc(O)cc1. The highest BCUT2D eigenvalue weighted by atomic mass is 16.5. The highest BCUT2D eigenvalue weighted by Gasteiger charge is 2.40. The number of ether oxygens (including phenoxy) is 2. The number of phenols is 1. The average Bonchev–Trinajstić information content (AvgIpc) is 3.48. The van der Waals surface area contributed by atoms with Crippen molar-refractivity contribution < 1.29 is 29.0 Å². The van der Waals surface area contributed by atoms with Gasteiger partial charge in [-0.3, -0.25) is 19.3 Å². The first-order chi connectivity index (χ1) is 21.3.